The van der Waals surface area contributed by atoms with Crippen molar-refractivity contribution < 1.29 is 4.79 Å². The van der Waals surface area contributed by atoms with E-state index in [9.17, 15) is 4.79 Å². The highest BCUT2D eigenvalue weighted by Crippen LogP contribution is 2.29. The molecule has 0 unspecified atom stereocenters. The van der Waals surface area contributed by atoms with Crippen molar-refractivity contribution in [1.29, 1.82) is 0 Å². The first-order chi connectivity index (χ1) is 10.6. The van der Waals surface area contributed by atoms with E-state index >= 15 is 0 Å². The summed E-state index contributed by atoms with van der Waals surface area (Å²) in [5.41, 5.74) is 1.10. The SMILES string of the molecule is CN(Cc1ccc(Br)cc1)C(=O)c1cnc(-c2cccs2)s1. The number of carbonyl (C=O) groups is 1. The van der Waals surface area contributed by atoms with Crippen LogP contribution in [0.15, 0.2) is 52.4 Å². The maximum atomic E-state index is 12.5. The van der Waals surface area contributed by atoms with Gasteiger partial charge in [-0.05, 0) is 29.1 Å². The van der Waals surface area contributed by atoms with Crippen LogP contribution in [-0.4, -0.2) is 22.8 Å². The summed E-state index contributed by atoms with van der Waals surface area (Å²) in [4.78, 5) is 20.3. The lowest BCUT2D eigenvalue weighted by Crippen LogP contribution is -2.25. The zero-order valence-electron chi connectivity index (χ0n) is 11.8. The van der Waals surface area contributed by atoms with Crippen LogP contribution in [0.1, 0.15) is 15.2 Å². The van der Waals surface area contributed by atoms with Crippen LogP contribution in [-0.2, 0) is 6.54 Å². The first kappa shape index (κ1) is 15.4. The highest BCUT2D eigenvalue weighted by atomic mass is 79.9. The second kappa shape index (κ2) is 6.73. The fourth-order valence-electron chi connectivity index (χ4n) is 2.01. The molecule has 0 spiro atoms. The van der Waals surface area contributed by atoms with Gasteiger partial charge >= 0.3 is 0 Å². The van der Waals surface area contributed by atoms with Gasteiger partial charge in [-0.1, -0.05) is 34.1 Å². The molecule has 0 bridgehead atoms. The number of amides is 1. The molecule has 0 radical (unpaired) electrons. The molecule has 3 rings (SSSR count). The van der Waals surface area contributed by atoms with E-state index in [0.717, 1.165) is 19.9 Å². The summed E-state index contributed by atoms with van der Waals surface area (Å²) >= 11 is 6.49. The third kappa shape index (κ3) is 3.45. The molecule has 0 atom stereocenters. The molecule has 3 aromatic rings. The Balaban J connectivity index is 1.72. The number of hydrogen-bond acceptors (Lipinski definition) is 4. The van der Waals surface area contributed by atoms with Crippen molar-refractivity contribution in [2.24, 2.45) is 0 Å². The largest absolute Gasteiger partial charge is 0.337 e. The number of benzene rings is 1. The molecule has 0 saturated heterocycles. The molecule has 2 heterocycles. The predicted octanol–water partition coefficient (Wildman–Crippen LogP) is 4.91. The average molecular weight is 393 g/mol. The summed E-state index contributed by atoms with van der Waals surface area (Å²) in [7, 11) is 1.81. The molecule has 2 aromatic heterocycles. The Hall–Kier alpha value is -1.50. The number of nitrogens with zero attached hydrogens (tertiary/aromatic N) is 2. The maximum absolute atomic E-state index is 12.5. The van der Waals surface area contributed by atoms with Gasteiger partial charge in [0.1, 0.15) is 9.88 Å². The van der Waals surface area contributed by atoms with Crippen LogP contribution in [0.4, 0.5) is 0 Å². The van der Waals surface area contributed by atoms with Crippen LogP contribution < -0.4 is 0 Å². The maximum Gasteiger partial charge on any atom is 0.265 e. The van der Waals surface area contributed by atoms with Crippen molar-refractivity contribution in [2.75, 3.05) is 7.05 Å². The average Bonchev–Trinajstić information content (AvgIpc) is 3.19. The van der Waals surface area contributed by atoms with Gasteiger partial charge in [-0.25, -0.2) is 4.98 Å². The van der Waals surface area contributed by atoms with Gasteiger partial charge in [-0.2, -0.15) is 0 Å². The molecule has 0 saturated carbocycles. The van der Waals surface area contributed by atoms with Crippen molar-refractivity contribution in [3.05, 3.63) is 62.9 Å². The van der Waals surface area contributed by atoms with Gasteiger partial charge in [0.05, 0.1) is 11.1 Å². The number of halogens is 1. The summed E-state index contributed by atoms with van der Waals surface area (Å²) in [6, 6.07) is 12.0. The van der Waals surface area contributed by atoms with E-state index in [0.29, 0.717) is 11.4 Å². The molecule has 22 heavy (non-hydrogen) atoms. The minimum atomic E-state index is 0.00299. The quantitative estimate of drug-likeness (QED) is 0.631. The van der Waals surface area contributed by atoms with Crippen molar-refractivity contribution in [3.63, 3.8) is 0 Å². The minimum absolute atomic E-state index is 0.00299. The molecule has 112 valence electrons. The second-order valence-corrected chi connectivity index (χ2v) is 7.69. The molecule has 0 aliphatic carbocycles. The molecular weight excluding hydrogens is 380 g/mol. The highest BCUT2D eigenvalue weighted by molar-refractivity contribution is 9.10. The monoisotopic (exact) mass is 392 g/mol. The lowest BCUT2D eigenvalue weighted by molar-refractivity contribution is 0.0789. The Morgan fingerprint density at radius 1 is 1.27 bits per heavy atom. The van der Waals surface area contributed by atoms with Crippen LogP contribution in [0, 0.1) is 0 Å². The van der Waals surface area contributed by atoms with Gasteiger partial charge in [0.2, 0.25) is 0 Å². The number of carbonyl (C=O) groups excluding carboxylic acids is 1. The Morgan fingerprint density at radius 2 is 2.05 bits per heavy atom. The first-order valence-electron chi connectivity index (χ1n) is 6.63. The third-order valence-electron chi connectivity index (χ3n) is 3.13. The van der Waals surface area contributed by atoms with Crippen molar-refractivity contribution in [3.8, 4) is 9.88 Å². The Kier molecular flexibility index (Phi) is 4.71. The van der Waals surface area contributed by atoms with Gasteiger partial charge in [0.15, 0.2) is 0 Å². The molecule has 1 amide bonds. The van der Waals surface area contributed by atoms with Crippen molar-refractivity contribution in [1.82, 2.24) is 9.88 Å². The lowest BCUT2D eigenvalue weighted by atomic mass is 10.2. The van der Waals surface area contributed by atoms with Crippen LogP contribution in [0.5, 0.6) is 0 Å². The Morgan fingerprint density at radius 3 is 2.73 bits per heavy atom. The van der Waals surface area contributed by atoms with E-state index in [2.05, 4.69) is 20.9 Å². The number of rotatable bonds is 4. The zero-order chi connectivity index (χ0) is 15.5. The number of thiophene rings is 1. The minimum Gasteiger partial charge on any atom is -0.337 e. The molecule has 6 heteroatoms. The smallest absolute Gasteiger partial charge is 0.265 e. The van der Waals surface area contributed by atoms with Gasteiger partial charge in [0.25, 0.3) is 5.91 Å². The van der Waals surface area contributed by atoms with Gasteiger partial charge in [-0.3, -0.25) is 4.79 Å². The molecule has 0 aliphatic heterocycles. The van der Waals surface area contributed by atoms with Crippen LogP contribution in [0.25, 0.3) is 9.88 Å². The molecule has 0 N–H and O–H groups in total. The van der Waals surface area contributed by atoms with E-state index < -0.39 is 0 Å². The van der Waals surface area contributed by atoms with Crippen LogP contribution in [0.2, 0.25) is 0 Å². The van der Waals surface area contributed by atoms with E-state index in [1.165, 1.54) is 11.3 Å². The fraction of sp³-hybridized carbons (Fsp3) is 0.125. The lowest BCUT2D eigenvalue weighted by Gasteiger charge is -2.16. The molecule has 1 aromatic carbocycles. The summed E-state index contributed by atoms with van der Waals surface area (Å²) in [6.07, 6.45) is 1.67. The zero-order valence-corrected chi connectivity index (χ0v) is 15.0. The normalized spacial score (nSPS) is 10.6. The summed E-state index contributed by atoms with van der Waals surface area (Å²) < 4.78 is 1.04. The highest BCUT2D eigenvalue weighted by Gasteiger charge is 2.16. The van der Waals surface area contributed by atoms with E-state index in [1.807, 2.05) is 48.8 Å². The van der Waals surface area contributed by atoms with E-state index in [4.69, 9.17) is 0 Å². The summed E-state index contributed by atoms with van der Waals surface area (Å²) in [5.74, 6) is 0.00299. The summed E-state index contributed by atoms with van der Waals surface area (Å²) in [5, 5.41) is 2.91. The first-order valence-corrected chi connectivity index (χ1v) is 9.12. The number of hydrogen-bond donors (Lipinski definition) is 0. The van der Waals surface area contributed by atoms with Crippen molar-refractivity contribution in [2.45, 2.75) is 6.54 Å². The topological polar surface area (TPSA) is 33.2 Å². The van der Waals surface area contributed by atoms with E-state index in [1.54, 1.807) is 22.4 Å². The Labute approximate surface area is 145 Å². The van der Waals surface area contributed by atoms with Crippen molar-refractivity contribution >= 4 is 44.5 Å². The van der Waals surface area contributed by atoms with Gasteiger partial charge in [-0.15, -0.1) is 22.7 Å². The Bertz CT molecular complexity index is 766. The molecular formula is C16H13BrN2OS2. The van der Waals surface area contributed by atoms with Gasteiger partial charge < -0.3 is 4.90 Å². The fourth-order valence-corrected chi connectivity index (χ4v) is 3.99. The van der Waals surface area contributed by atoms with Crippen LogP contribution >= 0.6 is 38.6 Å². The number of thiazole rings is 1. The van der Waals surface area contributed by atoms with Gasteiger partial charge in [0, 0.05) is 18.1 Å². The standard InChI is InChI=1S/C16H13BrN2OS2/c1-19(10-11-4-6-12(17)7-5-11)16(20)14-9-18-15(22-14)13-3-2-8-21-13/h2-9H,10H2,1H3. The molecule has 0 aliphatic rings. The second-order valence-electron chi connectivity index (χ2n) is 4.79. The molecule has 0 fully saturated rings. The van der Waals surface area contributed by atoms with E-state index in [-0.39, 0.29) is 5.91 Å². The number of aromatic nitrogens is 1. The predicted molar refractivity (Wildman–Crippen MR) is 95.4 cm³/mol. The summed E-state index contributed by atoms with van der Waals surface area (Å²) in [6.45, 7) is 0.582. The molecule has 3 nitrogen and oxygen atoms in total. The van der Waals surface area contributed by atoms with Crippen LogP contribution in [0.3, 0.4) is 0 Å². The third-order valence-corrected chi connectivity index (χ3v) is 5.68.